The normalized spacial score (nSPS) is 13.3. The molecule has 0 saturated carbocycles. The predicted molar refractivity (Wildman–Crippen MR) is 121 cm³/mol. The molecule has 4 rings (SSSR count). The van der Waals surface area contributed by atoms with E-state index in [0.29, 0.717) is 42.2 Å². The van der Waals surface area contributed by atoms with Crippen LogP contribution in [0.15, 0.2) is 53.6 Å². The first-order valence-corrected chi connectivity index (χ1v) is 11.9. The molecule has 0 radical (unpaired) electrons. The second-order valence-corrected chi connectivity index (χ2v) is 9.79. The lowest BCUT2D eigenvalue weighted by atomic mass is 10.1. The molecule has 0 bridgehead atoms. The molecule has 1 aromatic carbocycles. The highest BCUT2D eigenvalue weighted by molar-refractivity contribution is 7.90. The van der Waals surface area contributed by atoms with Crippen molar-refractivity contribution in [2.75, 3.05) is 25.7 Å². The van der Waals surface area contributed by atoms with Crippen LogP contribution in [0, 0.1) is 0 Å². The molecular weight excluding hydrogens is 428 g/mol. The topological polar surface area (TPSA) is 101 Å². The van der Waals surface area contributed by atoms with Crippen molar-refractivity contribution in [3.63, 3.8) is 0 Å². The Morgan fingerprint density at radius 3 is 2.66 bits per heavy atom. The summed E-state index contributed by atoms with van der Waals surface area (Å²) in [6.07, 6.45) is 3.36. The molecule has 32 heavy (non-hydrogen) atoms. The zero-order valence-electron chi connectivity index (χ0n) is 18.1. The number of amides is 1. The lowest BCUT2D eigenvalue weighted by Crippen LogP contribution is -2.18. The van der Waals surface area contributed by atoms with Gasteiger partial charge in [-0.2, -0.15) is 0 Å². The van der Waals surface area contributed by atoms with Crippen LogP contribution >= 0.6 is 0 Å². The van der Waals surface area contributed by atoms with Gasteiger partial charge in [-0.3, -0.25) is 14.8 Å². The number of hydrogen-bond donors (Lipinski definition) is 1. The second kappa shape index (κ2) is 8.68. The maximum absolute atomic E-state index is 12.8. The lowest BCUT2D eigenvalue weighted by Gasteiger charge is -2.15. The van der Waals surface area contributed by atoms with Crippen molar-refractivity contribution in [3.8, 4) is 0 Å². The van der Waals surface area contributed by atoms with Crippen molar-refractivity contribution in [2.24, 2.45) is 0 Å². The minimum Gasteiger partial charge on any atom is -0.380 e. The number of carbonyl (C=O) groups is 1. The van der Waals surface area contributed by atoms with E-state index in [4.69, 9.17) is 9.72 Å². The van der Waals surface area contributed by atoms with Gasteiger partial charge in [0.05, 0.1) is 40.7 Å². The largest absolute Gasteiger partial charge is 0.380 e. The Hall–Kier alpha value is -3.30. The summed E-state index contributed by atoms with van der Waals surface area (Å²) in [5, 5.41) is 3.18. The van der Waals surface area contributed by atoms with E-state index in [2.05, 4.69) is 10.3 Å². The van der Waals surface area contributed by atoms with Crippen LogP contribution in [-0.2, 0) is 34.1 Å². The molecule has 0 unspecified atom stereocenters. The fraction of sp³-hybridized carbons (Fsp3) is 0.261. The SMILES string of the molecule is COCc1ccnc(Cc2cc(Nc3ccccc3S(C)(=O)=O)c3c(n2)CN(C)C3=O)c1. The van der Waals surface area contributed by atoms with Crippen LogP contribution in [0.25, 0.3) is 0 Å². The molecular formula is C23H24N4O4S. The number of fused-ring (bicyclic) bond motifs is 1. The van der Waals surface area contributed by atoms with Gasteiger partial charge in [0.15, 0.2) is 9.84 Å². The number of ether oxygens (including phenoxy) is 1. The molecule has 0 aliphatic carbocycles. The monoisotopic (exact) mass is 452 g/mol. The third-order valence-corrected chi connectivity index (χ3v) is 6.36. The summed E-state index contributed by atoms with van der Waals surface area (Å²) in [4.78, 5) is 23.7. The molecule has 2 aromatic heterocycles. The molecule has 0 spiro atoms. The zero-order valence-corrected chi connectivity index (χ0v) is 18.9. The zero-order chi connectivity index (χ0) is 22.9. The van der Waals surface area contributed by atoms with Crippen LogP contribution in [0.3, 0.4) is 0 Å². The van der Waals surface area contributed by atoms with Gasteiger partial charge in [0.2, 0.25) is 0 Å². The highest BCUT2D eigenvalue weighted by atomic mass is 32.2. The highest BCUT2D eigenvalue weighted by Gasteiger charge is 2.30. The van der Waals surface area contributed by atoms with Crippen LogP contribution in [0.1, 0.15) is 33.0 Å². The highest BCUT2D eigenvalue weighted by Crippen LogP contribution is 2.33. The fourth-order valence-electron chi connectivity index (χ4n) is 3.79. The maximum atomic E-state index is 12.8. The van der Waals surface area contributed by atoms with Gasteiger partial charge in [-0.15, -0.1) is 0 Å². The summed E-state index contributed by atoms with van der Waals surface area (Å²) in [6, 6.07) is 12.3. The van der Waals surface area contributed by atoms with Gasteiger partial charge in [0.1, 0.15) is 0 Å². The minimum absolute atomic E-state index is 0.154. The van der Waals surface area contributed by atoms with Crippen molar-refractivity contribution in [1.82, 2.24) is 14.9 Å². The number of nitrogens with zero attached hydrogens (tertiary/aromatic N) is 3. The van der Waals surface area contributed by atoms with E-state index >= 15 is 0 Å². The fourth-order valence-corrected chi connectivity index (χ4v) is 4.63. The van der Waals surface area contributed by atoms with Gasteiger partial charge >= 0.3 is 0 Å². The summed E-state index contributed by atoms with van der Waals surface area (Å²) >= 11 is 0. The first kappa shape index (κ1) is 21.9. The van der Waals surface area contributed by atoms with Crippen LogP contribution in [0.2, 0.25) is 0 Å². The van der Waals surface area contributed by atoms with Crippen LogP contribution in [0.4, 0.5) is 11.4 Å². The molecule has 1 aliphatic rings. The molecule has 0 fully saturated rings. The summed E-state index contributed by atoms with van der Waals surface area (Å²) in [7, 11) is -0.0994. The molecule has 3 aromatic rings. The van der Waals surface area contributed by atoms with Gasteiger partial charge in [-0.25, -0.2) is 8.42 Å². The van der Waals surface area contributed by atoms with E-state index in [0.717, 1.165) is 23.2 Å². The van der Waals surface area contributed by atoms with E-state index in [-0.39, 0.29) is 10.8 Å². The molecule has 3 heterocycles. The first-order valence-electron chi connectivity index (χ1n) is 10.0. The molecule has 1 amide bonds. The summed E-state index contributed by atoms with van der Waals surface area (Å²) in [6.45, 7) is 0.878. The number of pyridine rings is 2. The molecule has 0 atom stereocenters. The number of methoxy groups -OCH3 is 1. The van der Waals surface area contributed by atoms with Gasteiger partial charge in [0, 0.05) is 44.4 Å². The predicted octanol–water partition coefficient (Wildman–Crippen LogP) is 2.95. The molecule has 8 nitrogen and oxygen atoms in total. The van der Waals surface area contributed by atoms with Crippen LogP contribution < -0.4 is 5.32 Å². The molecule has 166 valence electrons. The van der Waals surface area contributed by atoms with Crippen LogP contribution in [0.5, 0.6) is 0 Å². The number of benzene rings is 1. The van der Waals surface area contributed by atoms with Gasteiger partial charge < -0.3 is 15.0 Å². The average molecular weight is 453 g/mol. The third kappa shape index (κ3) is 4.49. The molecule has 0 saturated heterocycles. The summed E-state index contributed by atoms with van der Waals surface area (Å²) < 4.78 is 29.7. The van der Waals surface area contributed by atoms with Gasteiger partial charge in [0.25, 0.3) is 5.91 Å². The van der Waals surface area contributed by atoms with Crippen LogP contribution in [-0.4, -0.2) is 49.6 Å². The summed E-state index contributed by atoms with van der Waals surface area (Å²) in [5.74, 6) is -0.154. The number of carbonyl (C=O) groups excluding carboxylic acids is 1. The van der Waals surface area contributed by atoms with Crippen molar-refractivity contribution in [3.05, 3.63) is 76.9 Å². The number of anilines is 2. The molecule has 1 N–H and O–H groups in total. The Kier molecular flexibility index (Phi) is 5.94. The Morgan fingerprint density at radius 2 is 1.91 bits per heavy atom. The quantitative estimate of drug-likeness (QED) is 0.588. The Labute approximate surface area is 187 Å². The Balaban J connectivity index is 1.76. The van der Waals surface area contributed by atoms with Crippen molar-refractivity contribution in [1.29, 1.82) is 0 Å². The van der Waals surface area contributed by atoms with Crippen molar-refractivity contribution < 1.29 is 17.9 Å². The standard InChI is InChI=1S/C23H24N4O4S/c1-27-13-20-22(23(27)28)19(26-18-6-4-5-7-21(18)32(3,29)30)12-17(25-20)11-16-10-15(14-31-2)8-9-24-16/h4-10,12H,11,13-14H2,1-3H3,(H,25,26). The first-order chi connectivity index (χ1) is 15.3. The van der Waals surface area contributed by atoms with E-state index in [1.165, 1.54) is 0 Å². The lowest BCUT2D eigenvalue weighted by molar-refractivity contribution is 0.0817. The summed E-state index contributed by atoms with van der Waals surface area (Å²) in [5.41, 5.74) is 4.62. The number of nitrogens with one attached hydrogen (secondary N) is 1. The number of hydrogen-bond acceptors (Lipinski definition) is 7. The van der Waals surface area contributed by atoms with E-state index in [1.54, 1.807) is 55.6 Å². The average Bonchev–Trinajstić information content (AvgIpc) is 3.02. The van der Waals surface area contributed by atoms with E-state index < -0.39 is 9.84 Å². The number of aromatic nitrogens is 2. The number of sulfone groups is 1. The third-order valence-electron chi connectivity index (χ3n) is 5.21. The van der Waals surface area contributed by atoms with E-state index in [1.807, 2.05) is 12.1 Å². The smallest absolute Gasteiger partial charge is 0.257 e. The van der Waals surface area contributed by atoms with Gasteiger partial charge in [-0.1, -0.05) is 12.1 Å². The van der Waals surface area contributed by atoms with Crippen molar-refractivity contribution in [2.45, 2.75) is 24.5 Å². The van der Waals surface area contributed by atoms with Gasteiger partial charge in [-0.05, 0) is 35.9 Å². The number of para-hydroxylation sites is 1. The number of rotatable bonds is 7. The second-order valence-electron chi connectivity index (χ2n) is 7.80. The van der Waals surface area contributed by atoms with E-state index in [9.17, 15) is 13.2 Å². The Morgan fingerprint density at radius 1 is 1.12 bits per heavy atom. The molecule has 1 aliphatic heterocycles. The van der Waals surface area contributed by atoms with Crippen molar-refractivity contribution >= 4 is 27.1 Å². The molecule has 9 heteroatoms. The maximum Gasteiger partial charge on any atom is 0.257 e. The minimum atomic E-state index is -3.46. The Bertz CT molecular complexity index is 1290.